The Morgan fingerprint density at radius 2 is 1.80 bits per heavy atom. The van der Waals surface area contributed by atoms with Gasteiger partial charge in [-0.2, -0.15) is 4.98 Å². The average molecular weight is 480 g/mol. The molecule has 0 spiro atoms. The van der Waals surface area contributed by atoms with E-state index in [4.69, 9.17) is 4.52 Å². The van der Waals surface area contributed by atoms with Gasteiger partial charge in [0, 0.05) is 21.8 Å². The zero-order chi connectivity index (χ0) is 20.5. The molecule has 0 aliphatic rings. The maximum Gasteiger partial charge on any atom is 0.275 e. The summed E-state index contributed by atoms with van der Waals surface area (Å²) in [5.41, 5.74) is 3.61. The van der Waals surface area contributed by atoms with E-state index in [0.29, 0.717) is 33.7 Å². The molecular weight excluding hydrogens is 466 g/mol. The molecule has 0 saturated heterocycles. The molecule has 5 aromatic rings. The molecule has 9 heteroatoms. The summed E-state index contributed by atoms with van der Waals surface area (Å²) in [4.78, 5) is 27.4. The Hall–Kier alpha value is -3.17. The monoisotopic (exact) mass is 479 g/mol. The fraction of sp³-hybridized carbons (Fsp3) is 0.0476. The van der Waals surface area contributed by atoms with Crippen molar-refractivity contribution >= 4 is 38.7 Å². The van der Waals surface area contributed by atoms with Crippen molar-refractivity contribution in [2.24, 2.45) is 0 Å². The molecule has 3 aromatic heterocycles. The second-order valence-electron chi connectivity index (χ2n) is 6.47. The quantitative estimate of drug-likeness (QED) is 0.271. The number of rotatable bonds is 5. The van der Waals surface area contributed by atoms with E-state index in [1.807, 2.05) is 54.6 Å². The van der Waals surface area contributed by atoms with Crippen LogP contribution in [0, 0.1) is 0 Å². The number of halogens is 1. The largest absolute Gasteiger partial charge is 0.355 e. The summed E-state index contributed by atoms with van der Waals surface area (Å²) in [5.74, 6) is 1.37. The second kappa shape index (κ2) is 7.92. The van der Waals surface area contributed by atoms with Gasteiger partial charge in [-0.05, 0) is 29.8 Å². The topological polar surface area (TPSA) is 100 Å². The third kappa shape index (κ3) is 3.69. The minimum absolute atomic E-state index is 0.217. The van der Waals surface area contributed by atoms with Crippen LogP contribution in [0.25, 0.3) is 33.5 Å². The van der Waals surface area contributed by atoms with Crippen LogP contribution in [-0.2, 0) is 5.75 Å². The lowest BCUT2D eigenvalue weighted by Crippen LogP contribution is -2.09. The van der Waals surface area contributed by atoms with Gasteiger partial charge in [0.1, 0.15) is 11.0 Å². The van der Waals surface area contributed by atoms with E-state index in [9.17, 15) is 4.79 Å². The van der Waals surface area contributed by atoms with E-state index in [2.05, 4.69) is 41.0 Å². The third-order valence-corrected chi connectivity index (χ3v) is 5.89. The highest BCUT2D eigenvalue weighted by atomic mass is 79.9. The first-order chi connectivity index (χ1) is 14.7. The van der Waals surface area contributed by atoms with Gasteiger partial charge in [-0.15, -0.1) is 0 Å². The predicted octanol–water partition coefficient (Wildman–Crippen LogP) is 5.02. The van der Waals surface area contributed by atoms with Gasteiger partial charge < -0.3 is 9.51 Å². The van der Waals surface area contributed by atoms with Gasteiger partial charge in [-0.3, -0.25) is 9.78 Å². The van der Waals surface area contributed by atoms with Crippen molar-refractivity contribution < 1.29 is 4.52 Å². The first-order valence-corrected chi connectivity index (χ1v) is 10.8. The van der Waals surface area contributed by atoms with E-state index in [0.717, 1.165) is 21.2 Å². The van der Waals surface area contributed by atoms with Crippen LogP contribution in [-0.4, -0.2) is 25.1 Å². The number of nitrogens with one attached hydrogen (secondary N) is 2. The molecule has 2 aromatic carbocycles. The van der Waals surface area contributed by atoms with E-state index in [-0.39, 0.29) is 5.56 Å². The number of H-pyrrole nitrogens is 2. The highest BCUT2D eigenvalue weighted by Gasteiger charge is 2.14. The summed E-state index contributed by atoms with van der Waals surface area (Å²) in [7, 11) is 0. The SMILES string of the molecule is O=c1[nH]c(SCc2nc(-c3ccc(Br)cc3)no2)nc2c(-c3ccccc3)c[nH]c12. The molecule has 0 saturated carbocycles. The summed E-state index contributed by atoms with van der Waals surface area (Å²) in [6, 6.07) is 17.5. The lowest BCUT2D eigenvalue weighted by atomic mass is 10.1. The molecule has 0 radical (unpaired) electrons. The number of aromatic amines is 2. The van der Waals surface area contributed by atoms with Gasteiger partial charge in [0.2, 0.25) is 11.7 Å². The van der Waals surface area contributed by atoms with Crippen molar-refractivity contribution in [1.29, 1.82) is 0 Å². The number of hydrogen-bond acceptors (Lipinski definition) is 6. The van der Waals surface area contributed by atoms with E-state index >= 15 is 0 Å². The molecular formula is C21H14BrN5O2S. The van der Waals surface area contributed by atoms with Gasteiger partial charge in [0.25, 0.3) is 5.56 Å². The van der Waals surface area contributed by atoms with Crippen molar-refractivity contribution in [3.63, 3.8) is 0 Å². The number of aromatic nitrogens is 5. The first kappa shape index (κ1) is 18.8. The minimum Gasteiger partial charge on any atom is -0.355 e. The molecule has 3 heterocycles. The molecule has 30 heavy (non-hydrogen) atoms. The second-order valence-corrected chi connectivity index (χ2v) is 8.35. The lowest BCUT2D eigenvalue weighted by Gasteiger charge is -2.01. The summed E-state index contributed by atoms with van der Waals surface area (Å²) in [6.07, 6.45) is 1.80. The minimum atomic E-state index is -0.217. The Balaban J connectivity index is 1.40. The molecule has 0 fully saturated rings. The lowest BCUT2D eigenvalue weighted by molar-refractivity contribution is 0.391. The highest BCUT2D eigenvalue weighted by Crippen LogP contribution is 2.28. The molecule has 5 rings (SSSR count). The highest BCUT2D eigenvalue weighted by molar-refractivity contribution is 9.10. The van der Waals surface area contributed by atoms with Crippen molar-refractivity contribution in [2.45, 2.75) is 10.9 Å². The molecule has 0 aliphatic heterocycles. The summed E-state index contributed by atoms with van der Waals surface area (Å²) in [6.45, 7) is 0. The van der Waals surface area contributed by atoms with E-state index in [1.54, 1.807) is 6.20 Å². The first-order valence-electron chi connectivity index (χ1n) is 9.05. The third-order valence-electron chi connectivity index (χ3n) is 4.50. The number of nitrogens with zero attached hydrogens (tertiary/aromatic N) is 3. The number of thioether (sulfide) groups is 1. The van der Waals surface area contributed by atoms with Gasteiger partial charge >= 0.3 is 0 Å². The number of fused-ring (bicyclic) bond motifs is 1. The van der Waals surface area contributed by atoms with Crippen molar-refractivity contribution in [2.75, 3.05) is 0 Å². The van der Waals surface area contributed by atoms with Crippen molar-refractivity contribution in [1.82, 2.24) is 25.1 Å². The van der Waals surface area contributed by atoms with Crippen LogP contribution < -0.4 is 5.56 Å². The molecule has 148 valence electrons. The Morgan fingerprint density at radius 3 is 2.60 bits per heavy atom. The number of hydrogen-bond donors (Lipinski definition) is 2. The predicted molar refractivity (Wildman–Crippen MR) is 119 cm³/mol. The normalized spacial score (nSPS) is 11.2. The standard InChI is InChI=1S/C21H14BrN5O2S/c22-14-8-6-13(7-9-14)19-24-16(29-27-19)11-30-21-25-17-15(12-4-2-1-3-5-12)10-23-18(17)20(28)26-21/h1-10,23H,11H2,(H,25,26,28). The van der Waals surface area contributed by atoms with Gasteiger partial charge in [0.15, 0.2) is 5.16 Å². The maximum atomic E-state index is 12.5. The van der Waals surface area contributed by atoms with Crippen molar-refractivity contribution in [3.8, 4) is 22.5 Å². The van der Waals surface area contributed by atoms with E-state index in [1.165, 1.54) is 11.8 Å². The maximum absolute atomic E-state index is 12.5. The molecule has 0 bridgehead atoms. The summed E-state index contributed by atoms with van der Waals surface area (Å²) in [5, 5.41) is 4.52. The zero-order valence-corrected chi connectivity index (χ0v) is 17.8. The Morgan fingerprint density at radius 1 is 1.00 bits per heavy atom. The molecule has 7 nitrogen and oxygen atoms in total. The van der Waals surface area contributed by atoms with Gasteiger partial charge in [0.05, 0.1) is 5.75 Å². The fourth-order valence-electron chi connectivity index (χ4n) is 3.06. The van der Waals surface area contributed by atoms with Gasteiger partial charge in [-0.25, -0.2) is 4.98 Å². The average Bonchev–Trinajstić information content (AvgIpc) is 3.41. The van der Waals surface area contributed by atoms with Crippen LogP contribution in [0.3, 0.4) is 0 Å². The van der Waals surface area contributed by atoms with E-state index < -0.39 is 0 Å². The van der Waals surface area contributed by atoms with Crippen LogP contribution in [0.1, 0.15) is 5.89 Å². The molecule has 0 amide bonds. The Bertz CT molecular complexity index is 1380. The molecule has 0 atom stereocenters. The molecule has 2 N–H and O–H groups in total. The van der Waals surface area contributed by atoms with Crippen LogP contribution in [0.2, 0.25) is 0 Å². The Kier molecular flexibility index (Phi) is 4.97. The number of benzene rings is 2. The van der Waals surface area contributed by atoms with Gasteiger partial charge in [-0.1, -0.05) is 63.2 Å². The fourth-order valence-corrected chi connectivity index (χ4v) is 4.02. The Labute approximate surface area is 183 Å². The molecule has 0 aliphatic carbocycles. The van der Waals surface area contributed by atoms with Crippen LogP contribution in [0.4, 0.5) is 0 Å². The van der Waals surface area contributed by atoms with Crippen LogP contribution in [0.15, 0.2) is 79.7 Å². The summed E-state index contributed by atoms with van der Waals surface area (Å²) >= 11 is 4.74. The van der Waals surface area contributed by atoms with Crippen molar-refractivity contribution in [3.05, 3.63) is 81.5 Å². The van der Waals surface area contributed by atoms with Crippen LogP contribution in [0.5, 0.6) is 0 Å². The molecule has 0 unspecified atom stereocenters. The summed E-state index contributed by atoms with van der Waals surface area (Å²) < 4.78 is 6.33. The smallest absolute Gasteiger partial charge is 0.275 e. The van der Waals surface area contributed by atoms with Crippen LogP contribution >= 0.6 is 27.7 Å². The zero-order valence-electron chi connectivity index (χ0n) is 15.4.